The molecule has 0 fully saturated rings. The highest BCUT2D eigenvalue weighted by molar-refractivity contribution is 7.89. The van der Waals surface area contributed by atoms with E-state index in [1.165, 1.54) is 12.1 Å². The number of nitrogens with zero attached hydrogens (tertiary/aromatic N) is 1. The van der Waals surface area contributed by atoms with Crippen molar-refractivity contribution in [3.8, 4) is 0 Å². The van der Waals surface area contributed by atoms with Crippen LogP contribution in [-0.4, -0.2) is 34.8 Å². The van der Waals surface area contributed by atoms with Crippen LogP contribution in [0.3, 0.4) is 0 Å². The van der Waals surface area contributed by atoms with Gasteiger partial charge in [-0.25, -0.2) is 13.6 Å². The first-order chi connectivity index (χ1) is 10.8. The summed E-state index contributed by atoms with van der Waals surface area (Å²) in [6.07, 6.45) is 0. The number of nitro groups is 1. The van der Waals surface area contributed by atoms with E-state index in [0.29, 0.717) is 13.2 Å². The van der Waals surface area contributed by atoms with Crippen LogP contribution in [0.5, 0.6) is 0 Å². The summed E-state index contributed by atoms with van der Waals surface area (Å²) in [6, 6.07) is 3.52. The van der Waals surface area contributed by atoms with Gasteiger partial charge in [0.25, 0.3) is 5.69 Å². The average Bonchev–Trinajstić information content (AvgIpc) is 2.41. The molecule has 0 amide bonds. The highest BCUT2D eigenvalue weighted by atomic mass is 32.2. The minimum absolute atomic E-state index is 0.0795. The van der Waals surface area contributed by atoms with Gasteiger partial charge >= 0.3 is 0 Å². The molecule has 0 aliphatic rings. The number of rotatable bonds is 7. The van der Waals surface area contributed by atoms with Crippen LogP contribution in [0.25, 0.3) is 0 Å². The Morgan fingerprint density at radius 1 is 1.33 bits per heavy atom. The van der Waals surface area contributed by atoms with Crippen molar-refractivity contribution in [2.45, 2.75) is 43.8 Å². The zero-order chi connectivity index (χ0) is 18.8. The molecule has 0 heterocycles. The van der Waals surface area contributed by atoms with Crippen LogP contribution in [0.1, 0.15) is 20.8 Å². The molecule has 1 aromatic rings. The number of benzene rings is 1. The van der Waals surface area contributed by atoms with Crippen LogP contribution < -0.4 is 10.5 Å². The van der Waals surface area contributed by atoms with E-state index in [-0.39, 0.29) is 21.3 Å². The number of hydrogen-bond donors (Lipinski definition) is 2. The van der Waals surface area contributed by atoms with Crippen molar-refractivity contribution in [1.82, 2.24) is 0 Å². The molecule has 0 aliphatic heterocycles. The molecule has 10 heteroatoms. The van der Waals surface area contributed by atoms with Gasteiger partial charge in [-0.3, -0.25) is 10.1 Å². The van der Waals surface area contributed by atoms with Crippen molar-refractivity contribution in [3.63, 3.8) is 0 Å². The van der Waals surface area contributed by atoms with E-state index in [0.717, 1.165) is 6.07 Å². The number of sulfonamides is 1. The van der Waals surface area contributed by atoms with Crippen LogP contribution >= 0.6 is 0 Å². The smallest absolute Gasteiger partial charge is 0.293 e. The predicted molar refractivity (Wildman–Crippen MR) is 96.1 cm³/mol. The van der Waals surface area contributed by atoms with Gasteiger partial charge in [0.2, 0.25) is 10.0 Å². The second-order valence-corrected chi connectivity index (χ2v) is 13.4. The second-order valence-electron chi connectivity index (χ2n) is 7.02. The van der Waals surface area contributed by atoms with Crippen molar-refractivity contribution in [3.05, 3.63) is 28.3 Å². The van der Waals surface area contributed by atoms with E-state index in [1.54, 1.807) is 0 Å². The van der Waals surface area contributed by atoms with Crippen molar-refractivity contribution >= 4 is 29.7 Å². The third-order valence-corrected chi connectivity index (χ3v) is 9.63. The number of nitrogens with one attached hydrogen (secondary N) is 1. The molecule has 24 heavy (non-hydrogen) atoms. The van der Waals surface area contributed by atoms with Crippen LogP contribution in [0.4, 0.5) is 11.4 Å². The predicted octanol–water partition coefficient (Wildman–Crippen LogP) is 2.68. The molecule has 1 rings (SSSR count). The Hall–Kier alpha value is -1.49. The molecule has 0 aliphatic carbocycles. The molecule has 3 N–H and O–H groups in total. The minimum Gasteiger partial charge on any atom is -0.415 e. The van der Waals surface area contributed by atoms with Crippen LogP contribution in [0.2, 0.25) is 18.1 Å². The Balaban J connectivity index is 2.81. The summed E-state index contributed by atoms with van der Waals surface area (Å²) < 4.78 is 28.6. The summed E-state index contributed by atoms with van der Waals surface area (Å²) in [5, 5.41) is 19.1. The molecule has 136 valence electrons. The maximum absolute atomic E-state index is 11.3. The maximum atomic E-state index is 11.3. The van der Waals surface area contributed by atoms with Gasteiger partial charge in [-0.05, 0) is 30.3 Å². The standard InChI is InChI=1S/C14H25N3O5SSi/c1-14(2,3)24(4,5)22-9-8-16-12-7-6-11(23(15,20)21)10-13(12)17(18)19/h6-7,10,16H,8-9H2,1-5H3,(H2,15,20,21). The van der Waals surface area contributed by atoms with E-state index in [9.17, 15) is 18.5 Å². The van der Waals surface area contributed by atoms with E-state index in [1.807, 2.05) is 0 Å². The van der Waals surface area contributed by atoms with E-state index in [2.05, 4.69) is 39.2 Å². The number of hydrogen-bond acceptors (Lipinski definition) is 6. The fourth-order valence-corrected chi connectivity index (χ4v) is 3.28. The first-order valence-electron chi connectivity index (χ1n) is 7.45. The van der Waals surface area contributed by atoms with Gasteiger partial charge in [0.05, 0.1) is 16.4 Å². The van der Waals surface area contributed by atoms with Gasteiger partial charge in [0, 0.05) is 12.6 Å². The average molecular weight is 376 g/mol. The first kappa shape index (κ1) is 20.6. The van der Waals surface area contributed by atoms with Crippen molar-refractivity contribution in [2.24, 2.45) is 5.14 Å². The minimum atomic E-state index is -3.99. The largest absolute Gasteiger partial charge is 0.415 e. The Morgan fingerprint density at radius 2 is 1.92 bits per heavy atom. The van der Waals surface area contributed by atoms with E-state index in [4.69, 9.17) is 9.56 Å². The Morgan fingerprint density at radius 3 is 2.38 bits per heavy atom. The number of primary sulfonamides is 1. The highest BCUT2D eigenvalue weighted by Gasteiger charge is 2.36. The summed E-state index contributed by atoms with van der Waals surface area (Å²) in [7, 11) is -5.87. The molecule has 0 spiro atoms. The lowest BCUT2D eigenvalue weighted by atomic mass is 10.2. The lowest BCUT2D eigenvalue weighted by Gasteiger charge is -2.36. The van der Waals surface area contributed by atoms with Crippen molar-refractivity contribution in [2.75, 3.05) is 18.5 Å². The topological polar surface area (TPSA) is 125 Å². The zero-order valence-corrected chi connectivity index (χ0v) is 16.4. The summed E-state index contributed by atoms with van der Waals surface area (Å²) in [5.74, 6) is 0. The Bertz CT molecular complexity index is 714. The van der Waals surface area contributed by atoms with Crippen molar-refractivity contribution in [1.29, 1.82) is 0 Å². The molecule has 0 atom stereocenters. The van der Waals surface area contributed by atoms with Gasteiger partial charge in [0.15, 0.2) is 8.32 Å². The SMILES string of the molecule is CC(C)(C)[Si](C)(C)OCCNc1ccc(S(N)(=O)=O)cc1[N+](=O)[O-]. The van der Waals surface area contributed by atoms with Crippen LogP contribution in [0, 0.1) is 10.1 Å². The Labute approximate surface area is 143 Å². The number of nitrogens with two attached hydrogens (primary N) is 1. The quantitative estimate of drug-likeness (QED) is 0.327. The van der Waals surface area contributed by atoms with Crippen LogP contribution in [0.15, 0.2) is 23.1 Å². The molecule has 0 radical (unpaired) electrons. The van der Waals surface area contributed by atoms with Crippen LogP contribution in [-0.2, 0) is 14.4 Å². The zero-order valence-electron chi connectivity index (χ0n) is 14.6. The van der Waals surface area contributed by atoms with Gasteiger partial charge in [-0.15, -0.1) is 0 Å². The highest BCUT2D eigenvalue weighted by Crippen LogP contribution is 2.36. The fraction of sp³-hybridized carbons (Fsp3) is 0.571. The summed E-state index contributed by atoms with van der Waals surface area (Å²) in [5.41, 5.74) is -0.111. The monoisotopic (exact) mass is 375 g/mol. The molecular weight excluding hydrogens is 350 g/mol. The fourth-order valence-electron chi connectivity index (χ4n) is 1.70. The number of anilines is 1. The van der Waals surface area contributed by atoms with Gasteiger partial charge < -0.3 is 9.74 Å². The van der Waals surface area contributed by atoms with E-state index >= 15 is 0 Å². The molecule has 0 bridgehead atoms. The molecule has 0 unspecified atom stereocenters. The molecule has 0 saturated carbocycles. The first-order valence-corrected chi connectivity index (χ1v) is 11.9. The molecule has 0 aromatic heterocycles. The molecular formula is C14H25N3O5SSi. The second kappa shape index (κ2) is 7.17. The summed E-state index contributed by atoms with van der Waals surface area (Å²) >= 11 is 0. The summed E-state index contributed by atoms with van der Waals surface area (Å²) in [4.78, 5) is 10.2. The van der Waals surface area contributed by atoms with E-state index < -0.39 is 23.3 Å². The number of nitro benzene ring substituents is 1. The third kappa shape index (κ3) is 5.26. The molecule has 8 nitrogen and oxygen atoms in total. The van der Waals surface area contributed by atoms with Gasteiger partial charge in [-0.2, -0.15) is 0 Å². The lowest BCUT2D eigenvalue weighted by Crippen LogP contribution is -2.41. The molecule has 1 aromatic carbocycles. The summed E-state index contributed by atoms with van der Waals surface area (Å²) in [6.45, 7) is 11.4. The molecule has 0 saturated heterocycles. The lowest BCUT2D eigenvalue weighted by molar-refractivity contribution is -0.384. The Kier molecular flexibility index (Phi) is 6.14. The maximum Gasteiger partial charge on any atom is 0.293 e. The van der Waals surface area contributed by atoms with Gasteiger partial charge in [0.1, 0.15) is 5.69 Å². The van der Waals surface area contributed by atoms with Crippen molar-refractivity contribution < 1.29 is 17.8 Å². The third-order valence-electron chi connectivity index (χ3n) is 4.18. The normalized spacial score (nSPS) is 12.9. The van der Waals surface area contributed by atoms with Gasteiger partial charge in [-0.1, -0.05) is 20.8 Å².